The third kappa shape index (κ3) is 3.98. The predicted octanol–water partition coefficient (Wildman–Crippen LogP) is 4.16. The van der Waals surface area contributed by atoms with Crippen LogP contribution in [0, 0.1) is 10.1 Å². The highest BCUT2D eigenvalue weighted by Gasteiger charge is 2.35. The Morgan fingerprint density at radius 1 is 1.22 bits per heavy atom. The highest BCUT2D eigenvalue weighted by Crippen LogP contribution is 2.40. The number of nitro groups is 1. The van der Waals surface area contributed by atoms with Crippen LogP contribution in [-0.4, -0.2) is 32.2 Å². The fraction of sp³-hybridized carbons (Fsp3) is 0.400. The summed E-state index contributed by atoms with van der Waals surface area (Å²) >= 11 is 0. The molecule has 2 aromatic carbocycles. The van der Waals surface area contributed by atoms with Crippen LogP contribution in [0.15, 0.2) is 53.4 Å². The molecule has 1 heterocycles. The lowest BCUT2D eigenvalue weighted by molar-refractivity contribution is -0.384. The van der Waals surface area contributed by atoms with Crippen molar-refractivity contribution in [1.29, 1.82) is 0 Å². The van der Waals surface area contributed by atoms with E-state index in [-0.39, 0.29) is 22.5 Å². The van der Waals surface area contributed by atoms with E-state index in [0.29, 0.717) is 5.69 Å². The first kappa shape index (κ1) is 19.4. The van der Waals surface area contributed by atoms with Gasteiger partial charge in [-0.1, -0.05) is 37.3 Å². The summed E-state index contributed by atoms with van der Waals surface area (Å²) < 4.78 is 23.6. The third-order valence-corrected chi connectivity index (χ3v) is 6.42. The maximum absolute atomic E-state index is 11.8. The summed E-state index contributed by atoms with van der Waals surface area (Å²) in [5, 5.41) is 11.7. The Morgan fingerprint density at radius 2 is 1.93 bits per heavy atom. The van der Waals surface area contributed by atoms with E-state index in [1.807, 2.05) is 18.2 Å². The van der Waals surface area contributed by atoms with Crippen LogP contribution in [0.4, 0.5) is 11.4 Å². The van der Waals surface area contributed by atoms with Gasteiger partial charge < -0.3 is 4.90 Å². The van der Waals surface area contributed by atoms with Crippen LogP contribution < -0.4 is 4.90 Å². The monoisotopic (exact) mass is 388 g/mol. The van der Waals surface area contributed by atoms with E-state index in [0.717, 1.165) is 32.1 Å². The van der Waals surface area contributed by atoms with Crippen LogP contribution in [-0.2, 0) is 9.84 Å². The molecule has 0 aromatic heterocycles. The first-order valence-electron chi connectivity index (χ1n) is 9.13. The number of rotatable bonds is 6. The predicted molar refractivity (Wildman–Crippen MR) is 106 cm³/mol. The zero-order chi connectivity index (χ0) is 19.6. The first-order chi connectivity index (χ1) is 12.8. The highest BCUT2D eigenvalue weighted by molar-refractivity contribution is 7.90. The Bertz CT molecular complexity index is 928. The summed E-state index contributed by atoms with van der Waals surface area (Å²) in [5.74, 6) is 0.267. The van der Waals surface area contributed by atoms with Gasteiger partial charge in [-0.2, -0.15) is 0 Å². The van der Waals surface area contributed by atoms with E-state index in [4.69, 9.17) is 0 Å². The summed E-state index contributed by atoms with van der Waals surface area (Å²) in [6, 6.07) is 14.6. The van der Waals surface area contributed by atoms with Crippen LogP contribution in [0.25, 0.3) is 0 Å². The van der Waals surface area contributed by atoms with Crippen molar-refractivity contribution in [3.05, 3.63) is 64.2 Å². The van der Waals surface area contributed by atoms with Crippen molar-refractivity contribution in [1.82, 2.24) is 0 Å². The van der Waals surface area contributed by atoms with E-state index in [9.17, 15) is 18.5 Å². The van der Waals surface area contributed by atoms with E-state index < -0.39 is 14.8 Å². The summed E-state index contributed by atoms with van der Waals surface area (Å²) in [6.45, 7) is 2.86. The van der Waals surface area contributed by atoms with E-state index in [1.54, 1.807) is 6.07 Å². The zero-order valence-electron chi connectivity index (χ0n) is 15.5. The molecule has 1 aliphatic heterocycles. The van der Waals surface area contributed by atoms with Crippen LogP contribution >= 0.6 is 0 Å². The molecular weight excluding hydrogens is 364 g/mol. The van der Waals surface area contributed by atoms with Gasteiger partial charge in [0.25, 0.3) is 5.69 Å². The Labute approximate surface area is 159 Å². The fourth-order valence-electron chi connectivity index (χ4n) is 4.06. The molecular formula is C20H24N2O4S. The number of nitro benzene ring substituents is 1. The van der Waals surface area contributed by atoms with Gasteiger partial charge in [0, 0.05) is 30.8 Å². The zero-order valence-corrected chi connectivity index (χ0v) is 16.4. The number of hydrogen-bond acceptors (Lipinski definition) is 5. The molecule has 7 heteroatoms. The largest absolute Gasteiger partial charge is 0.362 e. The van der Waals surface area contributed by atoms with Crippen LogP contribution in [0.5, 0.6) is 0 Å². The van der Waals surface area contributed by atoms with Crippen molar-refractivity contribution in [2.75, 3.05) is 17.7 Å². The topological polar surface area (TPSA) is 80.5 Å². The molecule has 0 aliphatic carbocycles. The quantitative estimate of drug-likeness (QED) is 0.548. The number of benzene rings is 2. The van der Waals surface area contributed by atoms with Gasteiger partial charge in [-0.15, -0.1) is 0 Å². The van der Waals surface area contributed by atoms with Gasteiger partial charge >= 0.3 is 0 Å². The minimum Gasteiger partial charge on any atom is -0.362 e. The van der Waals surface area contributed by atoms with Crippen molar-refractivity contribution in [2.45, 2.75) is 43.0 Å². The van der Waals surface area contributed by atoms with Gasteiger partial charge in [-0.25, -0.2) is 8.42 Å². The lowest BCUT2D eigenvalue weighted by atomic mass is 9.87. The maximum atomic E-state index is 11.8. The number of sulfone groups is 1. The molecule has 27 heavy (non-hydrogen) atoms. The summed E-state index contributed by atoms with van der Waals surface area (Å²) in [5.41, 5.74) is 1.59. The van der Waals surface area contributed by atoms with Gasteiger partial charge in [-0.3, -0.25) is 10.1 Å². The van der Waals surface area contributed by atoms with Gasteiger partial charge in [0.1, 0.15) is 5.69 Å². The number of nitrogens with zero attached hydrogens (tertiary/aromatic N) is 2. The Hall–Kier alpha value is -2.41. The van der Waals surface area contributed by atoms with Crippen LogP contribution in [0.1, 0.15) is 37.7 Å². The average molecular weight is 388 g/mol. The lowest BCUT2D eigenvalue weighted by Crippen LogP contribution is -2.34. The lowest BCUT2D eigenvalue weighted by Gasteiger charge is -2.33. The van der Waals surface area contributed by atoms with E-state index in [2.05, 4.69) is 24.0 Å². The second kappa shape index (κ2) is 7.68. The second-order valence-corrected chi connectivity index (χ2v) is 9.02. The molecule has 1 aliphatic rings. The molecule has 144 valence electrons. The van der Waals surface area contributed by atoms with Crippen molar-refractivity contribution in [3.8, 4) is 0 Å². The molecule has 0 N–H and O–H groups in total. The normalized spacial score (nSPS) is 18.4. The SMILES string of the molecule is CC[C@H](c1ccccc1)[C@@H]1CCCN1c1ccc(S(C)(=O)=O)cc1[N+](=O)[O-]. The van der Waals surface area contributed by atoms with Gasteiger partial charge in [-0.05, 0) is 37.0 Å². The molecule has 0 radical (unpaired) electrons. The molecule has 3 rings (SSSR count). The molecule has 0 spiro atoms. The molecule has 0 unspecified atom stereocenters. The first-order valence-corrected chi connectivity index (χ1v) is 11.0. The Morgan fingerprint density at radius 3 is 2.52 bits per heavy atom. The highest BCUT2D eigenvalue weighted by atomic mass is 32.2. The van der Waals surface area contributed by atoms with Crippen LogP contribution in [0.3, 0.4) is 0 Å². The Balaban J connectivity index is 2.03. The Kier molecular flexibility index (Phi) is 5.51. The summed E-state index contributed by atoms with van der Waals surface area (Å²) in [7, 11) is -3.50. The molecule has 0 saturated carbocycles. The number of hydrogen-bond donors (Lipinski definition) is 0. The minimum atomic E-state index is -3.50. The molecule has 2 aromatic rings. The van der Waals surface area contributed by atoms with Gasteiger partial charge in [0.05, 0.1) is 9.82 Å². The molecule has 6 nitrogen and oxygen atoms in total. The van der Waals surface area contributed by atoms with Crippen molar-refractivity contribution in [3.63, 3.8) is 0 Å². The molecule has 2 atom stereocenters. The molecule has 1 saturated heterocycles. The standard InChI is InChI=1S/C20H24N2O4S/c1-3-17(15-8-5-4-6-9-15)18-10-7-13-21(18)19-12-11-16(27(2,25)26)14-20(19)22(23)24/h4-6,8-9,11-12,14,17-18H,3,7,10,13H2,1-2H3/t17-,18+/m1/s1. The minimum absolute atomic E-state index is 0.0243. The van der Waals surface area contributed by atoms with Crippen molar-refractivity contribution in [2.24, 2.45) is 0 Å². The van der Waals surface area contributed by atoms with E-state index in [1.165, 1.54) is 17.7 Å². The van der Waals surface area contributed by atoms with Crippen molar-refractivity contribution < 1.29 is 13.3 Å². The number of anilines is 1. The summed E-state index contributed by atoms with van der Waals surface area (Å²) in [4.78, 5) is 13.2. The van der Waals surface area contributed by atoms with E-state index >= 15 is 0 Å². The third-order valence-electron chi connectivity index (χ3n) is 5.31. The fourth-order valence-corrected chi connectivity index (χ4v) is 4.70. The van der Waals surface area contributed by atoms with Crippen molar-refractivity contribution >= 4 is 21.2 Å². The summed E-state index contributed by atoms with van der Waals surface area (Å²) in [6.07, 6.45) is 3.91. The maximum Gasteiger partial charge on any atom is 0.293 e. The van der Waals surface area contributed by atoms with Crippen LogP contribution in [0.2, 0.25) is 0 Å². The van der Waals surface area contributed by atoms with Gasteiger partial charge in [0.2, 0.25) is 0 Å². The molecule has 1 fully saturated rings. The smallest absolute Gasteiger partial charge is 0.293 e. The second-order valence-electron chi connectivity index (χ2n) is 7.01. The molecule has 0 amide bonds. The van der Waals surface area contributed by atoms with Gasteiger partial charge in [0.15, 0.2) is 9.84 Å². The molecule has 0 bridgehead atoms. The average Bonchev–Trinajstić information content (AvgIpc) is 3.11.